The number of aryl methyl sites for hydroxylation is 2. The minimum absolute atomic E-state index is 0.0427. The minimum Gasteiger partial charge on any atom is -0.461 e. The molecule has 1 saturated heterocycles. The number of piperidine rings is 1. The molecule has 0 spiro atoms. The van der Waals surface area contributed by atoms with Gasteiger partial charge in [-0.2, -0.15) is 0 Å². The summed E-state index contributed by atoms with van der Waals surface area (Å²) in [6.45, 7) is 20.6. The maximum Gasteiger partial charge on any atom is 0.340 e. The van der Waals surface area contributed by atoms with Crippen molar-refractivity contribution in [1.82, 2.24) is 9.88 Å². The number of rotatable bonds is 8. The van der Waals surface area contributed by atoms with E-state index in [1.807, 2.05) is 60.6 Å². The molecule has 0 radical (unpaired) electrons. The average molecular weight is 630 g/mol. The van der Waals surface area contributed by atoms with Crippen LogP contribution in [0.1, 0.15) is 106 Å². The summed E-state index contributed by atoms with van der Waals surface area (Å²) in [5, 5.41) is 0. The van der Waals surface area contributed by atoms with Crippen molar-refractivity contribution in [2.75, 3.05) is 18.0 Å². The van der Waals surface area contributed by atoms with Crippen LogP contribution in [0.3, 0.4) is 0 Å². The zero-order valence-corrected chi connectivity index (χ0v) is 28.8. The van der Waals surface area contributed by atoms with Gasteiger partial charge in [-0.05, 0) is 108 Å². The monoisotopic (exact) mass is 629 g/mol. The normalized spacial score (nSPS) is 17.0. The number of aromatic nitrogens is 1. The molecule has 1 atom stereocenters. The van der Waals surface area contributed by atoms with E-state index in [4.69, 9.17) is 14.5 Å². The Balaban J connectivity index is 1.63. The first-order chi connectivity index (χ1) is 21.5. The Kier molecular flexibility index (Phi) is 9.33. The highest BCUT2D eigenvalue weighted by molar-refractivity contribution is 5.99. The Labute approximate surface area is 273 Å². The van der Waals surface area contributed by atoms with Gasteiger partial charge in [0.1, 0.15) is 5.82 Å². The molecule has 0 saturated carbocycles. The lowest BCUT2D eigenvalue weighted by Gasteiger charge is -2.41. The third-order valence-corrected chi connectivity index (χ3v) is 8.87. The second kappa shape index (κ2) is 12.8. The number of fused-ring (bicyclic) bond motifs is 1. The highest BCUT2D eigenvalue weighted by Gasteiger charge is 2.38. The summed E-state index contributed by atoms with van der Waals surface area (Å²) in [7, 11) is 0. The van der Waals surface area contributed by atoms with E-state index in [0.717, 1.165) is 70.8 Å². The zero-order valence-electron chi connectivity index (χ0n) is 28.8. The van der Waals surface area contributed by atoms with Crippen molar-refractivity contribution in [1.29, 1.82) is 0 Å². The number of carbonyl (C=O) groups is 2. The van der Waals surface area contributed by atoms with E-state index in [9.17, 15) is 14.0 Å². The van der Waals surface area contributed by atoms with Gasteiger partial charge >= 0.3 is 5.97 Å². The number of ether oxygens (including phenoxy) is 2. The number of nitrogens with zero attached hydrogens (tertiary/aromatic N) is 3. The summed E-state index contributed by atoms with van der Waals surface area (Å²) in [6.07, 6.45) is 0.735. The Morgan fingerprint density at radius 2 is 1.67 bits per heavy atom. The second-order valence-electron chi connectivity index (χ2n) is 14.8. The molecule has 1 amide bonds. The fourth-order valence-electron chi connectivity index (χ4n) is 6.52. The minimum atomic E-state index is -0.971. The number of anilines is 1. The van der Waals surface area contributed by atoms with Crippen LogP contribution in [0.2, 0.25) is 0 Å². The lowest BCUT2D eigenvalue weighted by atomic mass is 9.81. The van der Waals surface area contributed by atoms with Crippen LogP contribution in [0, 0.1) is 25.1 Å². The predicted molar refractivity (Wildman–Crippen MR) is 179 cm³/mol. The largest absolute Gasteiger partial charge is 0.461 e. The number of carbonyl (C=O) groups excluding carboxylic acids is 2. The molecule has 46 heavy (non-hydrogen) atoms. The van der Waals surface area contributed by atoms with Crippen molar-refractivity contribution in [3.8, 4) is 11.1 Å². The first-order valence-electron chi connectivity index (χ1n) is 16.3. The molecule has 1 aromatic heterocycles. The number of halogens is 1. The number of benzene rings is 2. The molecule has 7 nitrogen and oxygen atoms in total. The maximum atomic E-state index is 13.8. The third-order valence-electron chi connectivity index (χ3n) is 8.87. The molecule has 8 heteroatoms. The van der Waals surface area contributed by atoms with E-state index in [1.165, 1.54) is 12.1 Å². The van der Waals surface area contributed by atoms with Gasteiger partial charge in [-0.1, -0.05) is 32.0 Å². The van der Waals surface area contributed by atoms with Crippen LogP contribution >= 0.6 is 0 Å². The molecule has 2 aromatic carbocycles. The van der Waals surface area contributed by atoms with E-state index in [2.05, 4.69) is 24.8 Å². The molecule has 5 rings (SSSR count). The molecular formula is C38H48FN3O4. The van der Waals surface area contributed by atoms with E-state index < -0.39 is 17.7 Å². The predicted octanol–water partition coefficient (Wildman–Crippen LogP) is 8.09. The fourth-order valence-corrected chi connectivity index (χ4v) is 6.52. The van der Waals surface area contributed by atoms with Crippen LogP contribution in [0.25, 0.3) is 11.1 Å². The Morgan fingerprint density at radius 1 is 1.02 bits per heavy atom. The van der Waals surface area contributed by atoms with Crippen LogP contribution in [-0.2, 0) is 27.4 Å². The second-order valence-corrected chi connectivity index (χ2v) is 14.8. The molecule has 2 aliphatic rings. The first kappa shape index (κ1) is 33.6. The van der Waals surface area contributed by atoms with Gasteiger partial charge in [0.2, 0.25) is 0 Å². The highest BCUT2D eigenvalue weighted by atomic mass is 19.1. The van der Waals surface area contributed by atoms with Crippen LogP contribution in [0.4, 0.5) is 10.1 Å². The van der Waals surface area contributed by atoms with E-state index in [1.54, 1.807) is 17.0 Å². The van der Waals surface area contributed by atoms with Crippen molar-refractivity contribution in [2.45, 2.75) is 106 Å². The highest BCUT2D eigenvalue weighted by Crippen LogP contribution is 2.46. The summed E-state index contributed by atoms with van der Waals surface area (Å²) >= 11 is 0. The third kappa shape index (κ3) is 7.27. The van der Waals surface area contributed by atoms with Crippen LogP contribution in [0.15, 0.2) is 42.5 Å². The lowest BCUT2D eigenvalue weighted by molar-refractivity contribution is -0.171. The molecule has 0 aliphatic carbocycles. The Hall–Kier alpha value is -3.78. The Bertz CT molecular complexity index is 1610. The van der Waals surface area contributed by atoms with Crippen molar-refractivity contribution < 1.29 is 23.5 Å². The molecular weight excluding hydrogens is 581 g/mol. The summed E-state index contributed by atoms with van der Waals surface area (Å²) in [6, 6.07) is 12.2. The summed E-state index contributed by atoms with van der Waals surface area (Å²) in [5.41, 5.74) is 7.20. The molecule has 0 bridgehead atoms. The molecule has 0 N–H and O–H groups in total. The van der Waals surface area contributed by atoms with Gasteiger partial charge in [0, 0.05) is 54.3 Å². The number of pyridine rings is 1. The van der Waals surface area contributed by atoms with Crippen molar-refractivity contribution in [3.63, 3.8) is 0 Å². The quantitative estimate of drug-likeness (QED) is 0.235. The van der Waals surface area contributed by atoms with Crippen LogP contribution in [0.5, 0.6) is 0 Å². The SMILES string of the molecule is Cc1nc(C)c(C(OC(C)(C)C)C(=O)OC(C)C)c(N2CCC(C)(C)CC2)c1-c1ccc2c(c1)CN(Cc1ccc(F)cc1)C2=O. The number of amides is 1. The van der Waals surface area contributed by atoms with Crippen LogP contribution in [-0.4, -0.2) is 46.6 Å². The van der Waals surface area contributed by atoms with Crippen molar-refractivity contribution in [3.05, 3.63) is 81.9 Å². The van der Waals surface area contributed by atoms with Gasteiger partial charge in [0.15, 0.2) is 6.10 Å². The zero-order chi connectivity index (χ0) is 33.6. The molecule has 1 fully saturated rings. The number of esters is 1. The van der Waals surface area contributed by atoms with Gasteiger partial charge < -0.3 is 19.3 Å². The molecule has 2 aliphatic heterocycles. The van der Waals surface area contributed by atoms with E-state index in [-0.39, 0.29) is 23.2 Å². The molecule has 3 heterocycles. The number of hydrogen-bond donors (Lipinski definition) is 0. The van der Waals surface area contributed by atoms with Gasteiger partial charge in [-0.3, -0.25) is 9.78 Å². The van der Waals surface area contributed by atoms with E-state index >= 15 is 0 Å². The standard InChI is InChI=1S/C38H48FN3O4/c1-23(2)45-36(44)34(46-37(5,6)7)32-25(4)40-24(3)31(33(32)41-18-16-38(8,9)17-19-41)27-12-15-30-28(20-27)22-42(35(30)43)21-26-10-13-29(39)14-11-26/h10-15,20,23,34H,16-19,21-22H2,1-9H3. The van der Waals surface area contributed by atoms with Gasteiger partial charge in [0.25, 0.3) is 5.91 Å². The molecule has 3 aromatic rings. The van der Waals surface area contributed by atoms with Crippen molar-refractivity contribution >= 4 is 17.6 Å². The van der Waals surface area contributed by atoms with Crippen molar-refractivity contribution in [2.24, 2.45) is 5.41 Å². The Morgan fingerprint density at radius 3 is 2.28 bits per heavy atom. The van der Waals surface area contributed by atoms with E-state index in [0.29, 0.717) is 18.7 Å². The number of hydrogen-bond acceptors (Lipinski definition) is 6. The summed E-state index contributed by atoms with van der Waals surface area (Å²) < 4.78 is 25.8. The van der Waals surface area contributed by atoms with Gasteiger partial charge in [0.05, 0.1) is 17.4 Å². The first-order valence-corrected chi connectivity index (χ1v) is 16.3. The smallest absolute Gasteiger partial charge is 0.340 e. The van der Waals surface area contributed by atoms with Gasteiger partial charge in [-0.25, -0.2) is 9.18 Å². The maximum absolute atomic E-state index is 13.8. The van der Waals surface area contributed by atoms with Crippen LogP contribution < -0.4 is 4.90 Å². The fraction of sp³-hybridized carbons (Fsp3) is 0.500. The average Bonchev–Trinajstić information content (AvgIpc) is 3.26. The molecule has 246 valence electrons. The molecule has 1 unspecified atom stereocenters. The van der Waals surface area contributed by atoms with Gasteiger partial charge in [-0.15, -0.1) is 0 Å². The summed E-state index contributed by atoms with van der Waals surface area (Å²) in [4.78, 5) is 36.4. The topological polar surface area (TPSA) is 72.0 Å². The lowest BCUT2D eigenvalue weighted by Crippen LogP contribution is -2.39. The summed E-state index contributed by atoms with van der Waals surface area (Å²) in [5.74, 6) is -0.773.